The first-order valence-electron chi connectivity index (χ1n) is 12.1. The van der Waals surface area contributed by atoms with Crippen molar-refractivity contribution in [2.24, 2.45) is 0 Å². The lowest BCUT2D eigenvalue weighted by Crippen LogP contribution is -2.46. The number of amides is 1. The van der Waals surface area contributed by atoms with Crippen LogP contribution in [0.1, 0.15) is 47.8 Å². The van der Waals surface area contributed by atoms with Crippen LogP contribution < -0.4 is 10.7 Å². The van der Waals surface area contributed by atoms with Crippen LogP contribution in [-0.4, -0.2) is 28.5 Å². The van der Waals surface area contributed by atoms with E-state index in [1.54, 1.807) is 26.8 Å². The number of esters is 1. The monoisotopic (exact) mass is 560 g/mol. The Morgan fingerprint density at radius 1 is 0.973 bits per heavy atom. The molecule has 3 aromatic carbocycles. The summed E-state index contributed by atoms with van der Waals surface area (Å²) < 4.78 is 6.32. The van der Waals surface area contributed by atoms with Crippen molar-refractivity contribution in [3.05, 3.63) is 116 Å². The smallest absolute Gasteiger partial charge is 0.329 e. The highest BCUT2D eigenvalue weighted by Crippen LogP contribution is 2.24. The Kier molecular flexibility index (Phi) is 7.93. The second-order valence-electron chi connectivity index (χ2n) is 9.93. The van der Waals surface area contributed by atoms with Gasteiger partial charge in [-0.2, -0.15) is 0 Å². The number of hydrogen-bond donors (Lipinski definition) is 2. The second kappa shape index (κ2) is 11.1. The van der Waals surface area contributed by atoms with Gasteiger partial charge in [0.05, 0.1) is 0 Å². The fraction of sp³-hybridized carbons (Fsp3) is 0.233. The van der Waals surface area contributed by atoms with Crippen LogP contribution in [0.15, 0.2) is 88.3 Å². The molecule has 7 heteroatoms. The van der Waals surface area contributed by atoms with E-state index in [0.29, 0.717) is 17.3 Å². The maximum absolute atomic E-state index is 13.3. The molecule has 0 saturated heterocycles. The zero-order valence-corrected chi connectivity index (χ0v) is 22.6. The highest BCUT2D eigenvalue weighted by molar-refractivity contribution is 9.10. The van der Waals surface area contributed by atoms with Crippen LogP contribution in [0, 0.1) is 0 Å². The van der Waals surface area contributed by atoms with Gasteiger partial charge in [0.1, 0.15) is 17.2 Å². The molecule has 1 amide bonds. The molecule has 0 radical (unpaired) electrons. The SMILES string of the molecule is CC(C)(C)OC(=O)[C@H](Cc1ccccc1)NC(=O)c1c[nH]c2cc(Cc3ccccc3)c(Br)cc2c1=O. The number of rotatable bonds is 7. The first-order valence-corrected chi connectivity index (χ1v) is 12.9. The van der Waals surface area contributed by atoms with E-state index in [2.05, 4.69) is 26.2 Å². The minimum absolute atomic E-state index is 0.0724. The number of carbonyl (C=O) groups is 2. The van der Waals surface area contributed by atoms with Crippen molar-refractivity contribution in [1.29, 1.82) is 0 Å². The van der Waals surface area contributed by atoms with E-state index in [1.165, 1.54) is 6.20 Å². The molecule has 0 bridgehead atoms. The average Bonchev–Trinajstić information content (AvgIpc) is 2.85. The Morgan fingerprint density at radius 3 is 2.22 bits per heavy atom. The zero-order chi connectivity index (χ0) is 26.6. The van der Waals surface area contributed by atoms with E-state index in [-0.39, 0.29) is 12.0 Å². The number of benzene rings is 3. The van der Waals surface area contributed by atoms with Crippen LogP contribution in [0.4, 0.5) is 0 Å². The number of aromatic amines is 1. The van der Waals surface area contributed by atoms with Crippen molar-refractivity contribution < 1.29 is 14.3 Å². The maximum Gasteiger partial charge on any atom is 0.329 e. The summed E-state index contributed by atoms with van der Waals surface area (Å²) in [6, 6.07) is 22.1. The summed E-state index contributed by atoms with van der Waals surface area (Å²) >= 11 is 3.58. The van der Waals surface area contributed by atoms with Crippen LogP contribution in [-0.2, 0) is 22.4 Å². The predicted molar refractivity (Wildman–Crippen MR) is 149 cm³/mol. The summed E-state index contributed by atoms with van der Waals surface area (Å²) in [6.45, 7) is 5.30. The maximum atomic E-state index is 13.3. The van der Waals surface area contributed by atoms with Gasteiger partial charge in [-0.1, -0.05) is 76.6 Å². The Labute approximate surface area is 224 Å². The number of aromatic nitrogens is 1. The predicted octanol–water partition coefficient (Wildman–Crippen LogP) is 5.56. The first-order chi connectivity index (χ1) is 17.6. The van der Waals surface area contributed by atoms with E-state index in [4.69, 9.17) is 4.74 Å². The Hall–Kier alpha value is -3.71. The van der Waals surface area contributed by atoms with E-state index < -0.39 is 28.9 Å². The summed E-state index contributed by atoms with van der Waals surface area (Å²) in [5.74, 6) is -1.20. The summed E-state index contributed by atoms with van der Waals surface area (Å²) in [4.78, 5) is 42.6. The second-order valence-corrected chi connectivity index (χ2v) is 10.8. The number of fused-ring (bicyclic) bond motifs is 1. The van der Waals surface area contributed by atoms with Crippen LogP contribution >= 0.6 is 15.9 Å². The third-order valence-corrected chi connectivity index (χ3v) is 6.55. The third-order valence-electron chi connectivity index (χ3n) is 5.81. The Bertz CT molecular complexity index is 1470. The minimum atomic E-state index is -0.954. The summed E-state index contributed by atoms with van der Waals surface area (Å²) in [7, 11) is 0. The van der Waals surface area contributed by atoms with Crippen molar-refractivity contribution in [1.82, 2.24) is 10.3 Å². The standard InChI is InChI=1S/C30H29BrN2O4/c1-30(2,3)37-29(36)26(15-20-12-8-5-9-13-20)33-28(35)23-18-32-25-16-21(14-19-10-6-4-7-11-19)24(31)17-22(25)27(23)34/h4-13,16-18,26H,14-15H2,1-3H3,(H,32,34)(H,33,35)/t26-/m0/s1. The normalized spacial score (nSPS) is 12.2. The van der Waals surface area contributed by atoms with E-state index in [1.807, 2.05) is 66.7 Å². The average molecular weight is 561 g/mol. The molecule has 4 rings (SSSR count). The number of hydrogen-bond acceptors (Lipinski definition) is 4. The molecule has 0 unspecified atom stereocenters. The van der Waals surface area contributed by atoms with E-state index in [9.17, 15) is 14.4 Å². The molecule has 4 aromatic rings. The molecule has 0 spiro atoms. The lowest BCUT2D eigenvalue weighted by Gasteiger charge is -2.24. The Morgan fingerprint density at radius 2 is 1.59 bits per heavy atom. The fourth-order valence-corrected chi connectivity index (χ4v) is 4.54. The summed E-state index contributed by atoms with van der Waals surface area (Å²) in [6.07, 6.45) is 2.33. The molecule has 6 nitrogen and oxygen atoms in total. The van der Waals surface area contributed by atoms with Crippen molar-refractivity contribution in [3.63, 3.8) is 0 Å². The van der Waals surface area contributed by atoms with Crippen LogP contribution in [0.2, 0.25) is 0 Å². The molecular weight excluding hydrogens is 532 g/mol. The van der Waals surface area contributed by atoms with Crippen LogP contribution in [0.5, 0.6) is 0 Å². The van der Waals surface area contributed by atoms with Gasteiger partial charge in [-0.15, -0.1) is 0 Å². The molecule has 190 valence electrons. The minimum Gasteiger partial charge on any atom is -0.458 e. The fourth-order valence-electron chi connectivity index (χ4n) is 4.06. The van der Waals surface area contributed by atoms with Gasteiger partial charge in [0, 0.05) is 28.0 Å². The quantitative estimate of drug-likeness (QED) is 0.289. The Balaban J connectivity index is 1.61. The molecule has 0 aliphatic carbocycles. The van der Waals surface area contributed by atoms with Crippen LogP contribution in [0.3, 0.4) is 0 Å². The first kappa shape index (κ1) is 26.4. The van der Waals surface area contributed by atoms with Gasteiger partial charge in [-0.3, -0.25) is 9.59 Å². The van der Waals surface area contributed by atoms with Gasteiger partial charge >= 0.3 is 5.97 Å². The molecule has 0 aliphatic heterocycles. The largest absolute Gasteiger partial charge is 0.458 e. The number of pyridine rings is 1. The summed E-state index contributed by atoms with van der Waals surface area (Å²) in [5.41, 5.74) is 2.44. The van der Waals surface area contributed by atoms with Crippen LogP contribution in [0.25, 0.3) is 10.9 Å². The molecule has 1 heterocycles. The lowest BCUT2D eigenvalue weighted by molar-refractivity contribution is -0.157. The molecule has 37 heavy (non-hydrogen) atoms. The molecule has 0 aliphatic rings. The molecule has 1 aromatic heterocycles. The van der Waals surface area contributed by atoms with Crippen molar-refractivity contribution in [2.75, 3.05) is 0 Å². The molecular formula is C30H29BrN2O4. The topological polar surface area (TPSA) is 88.3 Å². The van der Waals surface area contributed by atoms with Gasteiger partial charge in [0.2, 0.25) is 5.43 Å². The highest BCUT2D eigenvalue weighted by atomic mass is 79.9. The molecule has 1 atom stereocenters. The number of nitrogens with one attached hydrogen (secondary N) is 2. The lowest BCUT2D eigenvalue weighted by atomic mass is 10.0. The number of carbonyl (C=O) groups excluding carboxylic acids is 2. The number of ether oxygens (including phenoxy) is 1. The van der Waals surface area contributed by atoms with Crippen molar-refractivity contribution in [3.8, 4) is 0 Å². The molecule has 0 saturated carbocycles. The molecule has 0 fully saturated rings. The number of halogens is 1. The van der Waals surface area contributed by atoms with E-state index >= 15 is 0 Å². The van der Waals surface area contributed by atoms with Gasteiger partial charge in [0.25, 0.3) is 5.91 Å². The third kappa shape index (κ3) is 6.74. The van der Waals surface area contributed by atoms with Crippen molar-refractivity contribution >= 4 is 38.7 Å². The molecule has 2 N–H and O–H groups in total. The number of H-pyrrole nitrogens is 1. The highest BCUT2D eigenvalue weighted by Gasteiger charge is 2.28. The zero-order valence-electron chi connectivity index (χ0n) is 21.0. The van der Waals surface area contributed by atoms with Crippen molar-refractivity contribution in [2.45, 2.75) is 45.3 Å². The van der Waals surface area contributed by atoms with Gasteiger partial charge in [-0.25, -0.2) is 4.79 Å². The van der Waals surface area contributed by atoms with E-state index in [0.717, 1.165) is 21.2 Å². The van der Waals surface area contributed by atoms with Gasteiger partial charge < -0.3 is 15.0 Å². The summed E-state index contributed by atoms with van der Waals surface area (Å²) in [5, 5.41) is 3.11. The van der Waals surface area contributed by atoms with Gasteiger partial charge in [0.15, 0.2) is 0 Å². The van der Waals surface area contributed by atoms with Gasteiger partial charge in [-0.05, 0) is 56.0 Å².